The van der Waals surface area contributed by atoms with Crippen LogP contribution in [-0.2, 0) is 9.59 Å². The molecule has 2 aromatic heterocycles. The average molecular weight is 462 g/mol. The molecule has 3 aromatic rings. The van der Waals surface area contributed by atoms with Gasteiger partial charge in [0.25, 0.3) is 5.56 Å². The van der Waals surface area contributed by atoms with Crippen molar-refractivity contribution >= 4 is 50.1 Å². The third kappa shape index (κ3) is 4.72. The summed E-state index contributed by atoms with van der Waals surface area (Å²) in [6, 6.07) is 7.25. The number of aryl methyl sites for hydroxylation is 2. The zero-order chi connectivity index (χ0) is 21.1. The molecule has 29 heavy (non-hydrogen) atoms. The first-order chi connectivity index (χ1) is 13.8. The number of para-hydroxylation sites is 1. The Hall–Kier alpha value is -2.98. The highest BCUT2D eigenvalue weighted by molar-refractivity contribution is 9.10. The Kier molecular flexibility index (Phi) is 6.14. The second-order valence-corrected chi connectivity index (χ2v) is 7.48. The highest BCUT2D eigenvalue weighted by Gasteiger charge is 2.19. The van der Waals surface area contributed by atoms with Gasteiger partial charge in [0.1, 0.15) is 11.1 Å². The monoisotopic (exact) mass is 461 g/mol. The molecule has 0 saturated carbocycles. The summed E-state index contributed by atoms with van der Waals surface area (Å²) in [5.41, 5.74) is 0.803. The summed E-state index contributed by atoms with van der Waals surface area (Å²) < 4.78 is 6.32. The number of hydrogen-bond acceptors (Lipinski definition) is 6. The molecule has 2 heterocycles. The summed E-state index contributed by atoms with van der Waals surface area (Å²) in [6.07, 6.45) is 0. The number of benzene rings is 1. The Morgan fingerprint density at radius 1 is 1.14 bits per heavy atom. The fraction of sp³-hybridized carbons (Fsp3) is 0.263. The lowest BCUT2D eigenvalue weighted by molar-refractivity contribution is -0.119. The highest BCUT2D eigenvalue weighted by Crippen LogP contribution is 2.28. The molecule has 0 radical (unpaired) electrons. The van der Waals surface area contributed by atoms with Gasteiger partial charge in [-0.3, -0.25) is 24.6 Å². The zero-order valence-electron chi connectivity index (χ0n) is 16.1. The topological polar surface area (TPSA) is 120 Å². The van der Waals surface area contributed by atoms with E-state index in [9.17, 15) is 14.4 Å². The number of furan rings is 1. The lowest BCUT2D eigenvalue weighted by Gasteiger charge is -2.16. The number of likely N-dealkylation sites (N-methyl/N-ethyl adjacent to an activating group) is 1. The van der Waals surface area contributed by atoms with E-state index in [0.29, 0.717) is 22.5 Å². The van der Waals surface area contributed by atoms with Gasteiger partial charge < -0.3 is 9.73 Å². The number of H-pyrrole nitrogens is 1. The Labute approximate surface area is 174 Å². The number of aromatic amines is 1. The Morgan fingerprint density at radius 3 is 2.48 bits per heavy atom. The van der Waals surface area contributed by atoms with E-state index in [-0.39, 0.29) is 30.3 Å². The first-order valence-electron chi connectivity index (χ1n) is 8.77. The summed E-state index contributed by atoms with van der Waals surface area (Å²) >= 11 is 3.37. The number of nitrogens with zero attached hydrogens (tertiary/aromatic N) is 2. The zero-order valence-corrected chi connectivity index (χ0v) is 17.7. The van der Waals surface area contributed by atoms with E-state index < -0.39 is 11.5 Å². The highest BCUT2D eigenvalue weighted by atomic mass is 79.9. The molecule has 0 aliphatic carbocycles. The van der Waals surface area contributed by atoms with Crippen LogP contribution in [0.2, 0.25) is 0 Å². The van der Waals surface area contributed by atoms with Crippen molar-refractivity contribution in [2.45, 2.75) is 13.8 Å². The van der Waals surface area contributed by atoms with Gasteiger partial charge in [-0.05, 0) is 49.0 Å². The maximum absolute atomic E-state index is 12.4. The van der Waals surface area contributed by atoms with Gasteiger partial charge in [0.2, 0.25) is 17.7 Å². The van der Waals surface area contributed by atoms with Gasteiger partial charge in [-0.1, -0.05) is 12.1 Å². The molecule has 2 amide bonds. The third-order valence-corrected chi connectivity index (χ3v) is 4.92. The number of halogens is 1. The number of anilines is 2. The molecule has 152 valence electrons. The minimum Gasteiger partial charge on any atom is -0.444 e. The maximum atomic E-state index is 12.4. The number of rotatable bonds is 6. The Morgan fingerprint density at radius 2 is 1.79 bits per heavy atom. The van der Waals surface area contributed by atoms with Gasteiger partial charge in [0, 0.05) is 4.47 Å². The van der Waals surface area contributed by atoms with Crippen molar-refractivity contribution in [3.8, 4) is 0 Å². The largest absolute Gasteiger partial charge is 0.444 e. The molecule has 0 unspecified atom stereocenters. The van der Waals surface area contributed by atoms with Gasteiger partial charge in [-0.25, -0.2) is 5.10 Å². The molecule has 1 aromatic carbocycles. The van der Waals surface area contributed by atoms with Crippen LogP contribution in [0.1, 0.15) is 11.5 Å². The van der Waals surface area contributed by atoms with Crippen LogP contribution in [-0.4, -0.2) is 47.0 Å². The molecular formula is C19H20BrN5O4. The predicted molar refractivity (Wildman–Crippen MR) is 113 cm³/mol. The van der Waals surface area contributed by atoms with Gasteiger partial charge >= 0.3 is 0 Å². The summed E-state index contributed by atoms with van der Waals surface area (Å²) in [5.74, 6) is -0.108. The van der Waals surface area contributed by atoms with E-state index in [1.807, 2.05) is 18.2 Å². The van der Waals surface area contributed by atoms with Crippen molar-refractivity contribution in [1.82, 2.24) is 15.1 Å². The second kappa shape index (κ2) is 8.58. The number of aromatic nitrogens is 2. The molecule has 0 saturated heterocycles. The van der Waals surface area contributed by atoms with E-state index >= 15 is 0 Å². The number of carbonyl (C=O) groups is 2. The molecule has 0 aliphatic rings. The van der Waals surface area contributed by atoms with Crippen LogP contribution in [0.25, 0.3) is 10.8 Å². The van der Waals surface area contributed by atoms with E-state index in [1.165, 1.54) is 0 Å². The van der Waals surface area contributed by atoms with Crippen LogP contribution < -0.4 is 16.2 Å². The number of fused-ring (bicyclic) bond motifs is 1. The number of carbonyl (C=O) groups excluding carboxylic acids is 2. The maximum Gasteiger partial charge on any atom is 0.277 e. The van der Waals surface area contributed by atoms with E-state index in [4.69, 9.17) is 4.42 Å². The first-order valence-corrected chi connectivity index (χ1v) is 9.56. The van der Waals surface area contributed by atoms with E-state index in [1.54, 1.807) is 31.9 Å². The molecule has 0 fully saturated rings. The molecule has 9 nitrogen and oxygen atoms in total. The van der Waals surface area contributed by atoms with Gasteiger partial charge in [-0.2, -0.15) is 5.10 Å². The van der Waals surface area contributed by atoms with Gasteiger partial charge in [-0.15, -0.1) is 0 Å². The van der Waals surface area contributed by atoms with Crippen molar-refractivity contribution in [1.29, 1.82) is 0 Å². The molecule has 0 atom stereocenters. The Balaban J connectivity index is 1.63. The summed E-state index contributed by atoms with van der Waals surface area (Å²) in [5, 5.41) is 12.5. The van der Waals surface area contributed by atoms with Crippen molar-refractivity contribution < 1.29 is 14.0 Å². The van der Waals surface area contributed by atoms with Crippen LogP contribution >= 0.6 is 15.9 Å². The van der Waals surface area contributed by atoms with Crippen LogP contribution in [0, 0.1) is 13.8 Å². The van der Waals surface area contributed by atoms with Crippen LogP contribution in [0.3, 0.4) is 0 Å². The van der Waals surface area contributed by atoms with E-state index in [0.717, 1.165) is 4.47 Å². The molecule has 0 bridgehead atoms. The van der Waals surface area contributed by atoms with Crippen molar-refractivity contribution in [3.63, 3.8) is 0 Å². The van der Waals surface area contributed by atoms with Crippen molar-refractivity contribution in [2.75, 3.05) is 30.8 Å². The lowest BCUT2D eigenvalue weighted by Crippen LogP contribution is -2.36. The summed E-state index contributed by atoms with van der Waals surface area (Å²) in [4.78, 5) is 38.3. The van der Waals surface area contributed by atoms with Crippen molar-refractivity contribution in [2.24, 2.45) is 0 Å². The normalized spacial score (nSPS) is 11.1. The predicted octanol–water partition coefficient (Wildman–Crippen LogP) is 2.40. The smallest absolute Gasteiger partial charge is 0.277 e. The molecule has 0 aliphatic heterocycles. The molecule has 3 rings (SSSR count). The molecule has 0 spiro atoms. The fourth-order valence-corrected chi connectivity index (χ4v) is 3.38. The fourth-order valence-electron chi connectivity index (χ4n) is 3.00. The number of hydrogen-bond donors (Lipinski definition) is 3. The van der Waals surface area contributed by atoms with Crippen LogP contribution in [0.15, 0.2) is 37.9 Å². The number of amides is 2. The number of nitrogens with one attached hydrogen (secondary N) is 3. The minimum absolute atomic E-state index is 0.0102. The first kappa shape index (κ1) is 20.7. The third-order valence-electron chi connectivity index (χ3n) is 4.23. The standard InChI is InChI=1S/C19H20BrN5O4/c1-10-16-11(2)29-19(17(16)18(28)24-23-10)22-15(27)9-25(3)8-14(26)21-13-7-5-4-6-12(13)20/h4-7H,8-9H2,1-3H3,(H,21,26)(H,22,27)(H,24,28). The molecular weight excluding hydrogens is 442 g/mol. The van der Waals surface area contributed by atoms with Crippen LogP contribution in [0.4, 0.5) is 11.6 Å². The van der Waals surface area contributed by atoms with Crippen LogP contribution in [0.5, 0.6) is 0 Å². The molecule has 3 N–H and O–H groups in total. The van der Waals surface area contributed by atoms with Gasteiger partial charge in [0.05, 0.1) is 29.9 Å². The average Bonchev–Trinajstić information content (AvgIpc) is 2.97. The quantitative estimate of drug-likeness (QED) is 0.518. The second-order valence-electron chi connectivity index (χ2n) is 6.62. The summed E-state index contributed by atoms with van der Waals surface area (Å²) in [6.45, 7) is 3.39. The minimum atomic E-state index is -0.445. The summed E-state index contributed by atoms with van der Waals surface area (Å²) in [7, 11) is 1.64. The Bertz CT molecular complexity index is 1140. The SMILES string of the molecule is Cc1n[nH]c(=O)c2c(NC(=O)CN(C)CC(=O)Nc3ccccc3Br)oc(C)c12. The lowest BCUT2D eigenvalue weighted by atomic mass is 10.2. The molecule has 10 heteroatoms. The van der Waals surface area contributed by atoms with E-state index in [2.05, 4.69) is 36.8 Å². The van der Waals surface area contributed by atoms with Gasteiger partial charge in [0.15, 0.2) is 0 Å². The van der Waals surface area contributed by atoms with Crippen molar-refractivity contribution in [3.05, 3.63) is 50.5 Å².